The molecular formula is C12H14F3N5S. The number of halogens is 3. The predicted molar refractivity (Wildman–Crippen MR) is 75.4 cm³/mol. The Kier molecular flexibility index (Phi) is 3.21. The van der Waals surface area contributed by atoms with Gasteiger partial charge in [-0.2, -0.15) is 13.2 Å². The summed E-state index contributed by atoms with van der Waals surface area (Å²) in [4.78, 5) is 7.81. The molecule has 3 rings (SSSR count). The lowest BCUT2D eigenvalue weighted by Crippen LogP contribution is -2.74. The number of likely N-dealkylation sites (tertiary alicyclic amines) is 1. The summed E-state index contributed by atoms with van der Waals surface area (Å²) in [5.41, 5.74) is 1.85. The number of anilines is 1. The Bertz CT molecular complexity index is 562. The number of nitrogens with one attached hydrogen (secondary N) is 1. The molecule has 2 fully saturated rings. The quantitative estimate of drug-likeness (QED) is 0.457. The summed E-state index contributed by atoms with van der Waals surface area (Å²) < 4.78 is 38.0. The highest BCUT2D eigenvalue weighted by Gasteiger charge is 2.52. The van der Waals surface area contributed by atoms with Gasteiger partial charge in [0.25, 0.3) is 0 Å². The van der Waals surface area contributed by atoms with Crippen LogP contribution in [0.1, 0.15) is 5.56 Å². The van der Waals surface area contributed by atoms with E-state index in [2.05, 4.69) is 10.4 Å². The lowest BCUT2D eigenvalue weighted by atomic mass is 9.73. The van der Waals surface area contributed by atoms with E-state index in [1.54, 1.807) is 0 Å². The second-order valence-electron chi connectivity index (χ2n) is 5.56. The number of thiocarbonyl (C=S) groups is 1. The average Bonchev–Trinajstić information content (AvgIpc) is 2.34. The highest BCUT2D eigenvalue weighted by atomic mass is 32.1. The largest absolute Gasteiger partial charge is 0.416 e. The van der Waals surface area contributed by atoms with Crippen molar-refractivity contribution in [1.82, 2.24) is 15.3 Å². The van der Waals surface area contributed by atoms with Crippen molar-refractivity contribution in [1.29, 1.82) is 0 Å². The SMILES string of the molecule is NNC(=S)N1CC2(C1)CN(c1cc(C(F)(F)F)ccn1)C2. The maximum atomic E-state index is 12.7. The zero-order chi connectivity index (χ0) is 15.3. The van der Waals surface area contributed by atoms with E-state index in [9.17, 15) is 13.2 Å². The van der Waals surface area contributed by atoms with Gasteiger partial charge in [0.2, 0.25) is 0 Å². The second-order valence-corrected chi connectivity index (χ2v) is 5.95. The molecule has 1 aromatic heterocycles. The number of rotatable bonds is 1. The van der Waals surface area contributed by atoms with Gasteiger partial charge in [-0.1, -0.05) is 0 Å². The van der Waals surface area contributed by atoms with Crippen LogP contribution in [0.25, 0.3) is 0 Å². The first-order valence-corrected chi connectivity index (χ1v) is 6.78. The molecule has 1 spiro atoms. The first kappa shape index (κ1) is 14.3. The molecule has 2 aliphatic rings. The third-order valence-corrected chi connectivity index (χ3v) is 4.29. The molecule has 0 bridgehead atoms. The first-order valence-electron chi connectivity index (χ1n) is 6.37. The van der Waals surface area contributed by atoms with Crippen molar-refractivity contribution in [2.75, 3.05) is 31.1 Å². The van der Waals surface area contributed by atoms with Gasteiger partial charge in [0, 0.05) is 37.8 Å². The fourth-order valence-corrected chi connectivity index (χ4v) is 3.02. The van der Waals surface area contributed by atoms with Gasteiger partial charge >= 0.3 is 6.18 Å². The summed E-state index contributed by atoms with van der Waals surface area (Å²) in [7, 11) is 0. The number of hydrogen-bond acceptors (Lipinski definition) is 4. The van der Waals surface area contributed by atoms with Crippen LogP contribution in [0.4, 0.5) is 19.0 Å². The number of aromatic nitrogens is 1. The van der Waals surface area contributed by atoms with Gasteiger partial charge in [0.1, 0.15) is 5.82 Å². The van der Waals surface area contributed by atoms with Crippen molar-refractivity contribution >= 4 is 23.1 Å². The highest BCUT2D eigenvalue weighted by Crippen LogP contribution is 2.42. The van der Waals surface area contributed by atoms with Gasteiger partial charge in [0.05, 0.1) is 5.56 Å². The monoisotopic (exact) mass is 317 g/mol. The number of alkyl halides is 3. The Labute approximate surface area is 124 Å². The Morgan fingerprint density at radius 2 is 2.00 bits per heavy atom. The molecule has 3 heterocycles. The summed E-state index contributed by atoms with van der Waals surface area (Å²) in [5.74, 6) is 5.62. The zero-order valence-electron chi connectivity index (χ0n) is 11.0. The minimum atomic E-state index is -4.34. The van der Waals surface area contributed by atoms with E-state index < -0.39 is 11.7 Å². The summed E-state index contributed by atoms with van der Waals surface area (Å²) in [6.07, 6.45) is -3.14. The molecule has 0 amide bonds. The van der Waals surface area contributed by atoms with E-state index in [0.29, 0.717) is 24.0 Å². The fraction of sp³-hybridized carbons (Fsp3) is 0.500. The van der Waals surface area contributed by atoms with E-state index in [0.717, 1.165) is 25.2 Å². The van der Waals surface area contributed by atoms with Crippen molar-refractivity contribution in [2.45, 2.75) is 6.18 Å². The predicted octanol–water partition coefficient (Wildman–Crippen LogP) is 0.971. The van der Waals surface area contributed by atoms with Crippen LogP contribution in [0.3, 0.4) is 0 Å². The molecule has 114 valence electrons. The first-order chi connectivity index (χ1) is 9.83. The molecule has 0 aliphatic carbocycles. The van der Waals surface area contributed by atoms with Crippen molar-refractivity contribution in [3.05, 3.63) is 23.9 Å². The lowest BCUT2D eigenvalue weighted by molar-refractivity contribution is -0.137. The van der Waals surface area contributed by atoms with Crippen LogP contribution in [0.5, 0.6) is 0 Å². The molecule has 0 atom stereocenters. The lowest BCUT2D eigenvalue weighted by Gasteiger charge is -2.61. The third-order valence-electron chi connectivity index (χ3n) is 3.91. The Morgan fingerprint density at radius 3 is 2.57 bits per heavy atom. The van der Waals surface area contributed by atoms with Gasteiger partial charge in [0.15, 0.2) is 5.11 Å². The average molecular weight is 317 g/mol. The number of hydrogen-bond donors (Lipinski definition) is 2. The van der Waals surface area contributed by atoms with Crippen molar-refractivity contribution in [3.8, 4) is 0 Å². The molecule has 3 N–H and O–H groups in total. The van der Waals surface area contributed by atoms with E-state index >= 15 is 0 Å². The molecule has 2 saturated heterocycles. The molecule has 0 aromatic carbocycles. The van der Waals surface area contributed by atoms with E-state index in [1.165, 1.54) is 6.20 Å². The second kappa shape index (κ2) is 4.70. The number of nitrogens with zero attached hydrogens (tertiary/aromatic N) is 3. The molecule has 5 nitrogen and oxygen atoms in total. The van der Waals surface area contributed by atoms with Crippen LogP contribution in [0.2, 0.25) is 0 Å². The van der Waals surface area contributed by atoms with Crippen LogP contribution in [0.15, 0.2) is 18.3 Å². The number of pyridine rings is 1. The molecule has 21 heavy (non-hydrogen) atoms. The number of nitrogens with two attached hydrogens (primary N) is 1. The molecule has 1 aromatic rings. The topological polar surface area (TPSA) is 57.4 Å². The standard InChI is InChI=1S/C12H14F3N5S/c13-12(14,15)8-1-2-17-9(3-8)19-4-11(5-19)6-20(7-11)10(21)18-16/h1-3H,4-7,16H2,(H,18,21). The molecule has 0 unspecified atom stereocenters. The number of hydrazine groups is 1. The molecule has 2 aliphatic heterocycles. The summed E-state index contributed by atoms with van der Waals surface area (Å²) >= 11 is 5.02. The van der Waals surface area contributed by atoms with Crippen LogP contribution in [0, 0.1) is 5.41 Å². The van der Waals surface area contributed by atoms with Gasteiger partial charge in [-0.3, -0.25) is 0 Å². The van der Waals surface area contributed by atoms with Gasteiger partial charge < -0.3 is 15.2 Å². The van der Waals surface area contributed by atoms with Crippen molar-refractivity contribution in [2.24, 2.45) is 11.3 Å². The van der Waals surface area contributed by atoms with Gasteiger partial charge in [-0.15, -0.1) is 0 Å². The minimum absolute atomic E-state index is 0.0941. The Morgan fingerprint density at radius 1 is 1.33 bits per heavy atom. The molecule has 0 radical (unpaired) electrons. The van der Waals surface area contributed by atoms with E-state index in [4.69, 9.17) is 18.1 Å². The summed E-state index contributed by atoms with van der Waals surface area (Å²) in [5, 5.41) is 0.497. The minimum Gasteiger partial charge on any atom is -0.355 e. The highest BCUT2D eigenvalue weighted by molar-refractivity contribution is 7.80. The molecule has 9 heteroatoms. The van der Waals surface area contributed by atoms with E-state index in [1.807, 2.05) is 9.80 Å². The summed E-state index contributed by atoms with van der Waals surface area (Å²) in [6.45, 7) is 2.91. The third kappa shape index (κ3) is 2.51. The van der Waals surface area contributed by atoms with Crippen LogP contribution >= 0.6 is 12.2 Å². The fourth-order valence-electron chi connectivity index (χ4n) is 2.89. The maximum absolute atomic E-state index is 12.7. The summed E-state index contributed by atoms with van der Waals surface area (Å²) in [6, 6.07) is 2.07. The van der Waals surface area contributed by atoms with Crippen LogP contribution < -0.4 is 16.2 Å². The zero-order valence-corrected chi connectivity index (χ0v) is 11.8. The van der Waals surface area contributed by atoms with Gasteiger partial charge in [-0.05, 0) is 24.4 Å². The van der Waals surface area contributed by atoms with Crippen molar-refractivity contribution in [3.63, 3.8) is 0 Å². The smallest absolute Gasteiger partial charge is 0.355 e. The maximum Gasteiger partial charge on any atom is 0.416 e. The Balaban J connectivity index is 1.62. The molecule has 0 saturated carbocycles. The van der Waals surface area contributed by atoms with Crippen LogP contribution in [-0.2, 0) is 6.18 Å². The van der Waals surface area contributed by atoms with E-state index in [-0.39, 0.29) is 5.41 Å². The Hall–Kier alpha value is -1.61. The van der Waals surface area contributed by atoms with Crippen molar-refractivity contribution < 1.29 is 13.2 Å². The van der Waals surface area contributed by atoms with Gasteiger partial charge in [-0.25, -0.2) is 10.8 Å². The van der Waals surface area contributed by atoms with Crippen LogP contribution in [-0.4, -0.2) is 41.2 Å². The normalized spacial score (nSPS) is 20.0. The molecular weight excluding hydrogens is 303 g/mol.